The van der Waals surface area contributed by atoms with E-state index in [9.17, 15) is 34.2 Å². The second-order valence-electron chi connectivity index (χ2n) is 7.08. The molecule has 0 saturated heterocycles. The van der Waals surface area contributed by atoms with Gasteiger partial charge in [0.05, 0.1) is 18.8 Å². The van der Waals surface area contributed by atoms with Gasteiger partial charge in [-0.25, -0.2) is 4.79 Å². The molecule has 5 atom stereocenters. The van der Waals surface area contributed by atoms with Crippen LogP contribution in [0.15, 0.2) is 0 Å². The van der Waals surface area contributed by atoms with Gasteiger partial charge in [0.2, 0.25) is 17.7 Å². The number of carboxylic acids is 2. The van der Waals surface area contributed by atoms with Crippen molar-refractivity contribution in [3.8, 4) is 0 Å². The first-order valence-corrected chi connectivity index (χ1v) is 9.22. The minimum atomic E-state index is -1.56. The molecule has 0 aromatic heterocycles. The molecule has 0 unspecified atom stereocenters. The fraction of sp³-hybridized carbons (Fsp3) is 0.706. The molecule has 0 rings (SSSR count). The van der Waals surface area contributed by atoms with E-state index >= 15 is 0 Å². The highest BCUT2D eigenvalue weighted by Gasteiger charge is 2.32. The molecule has 0 aliphatic rings. The SMILES string of the molecule is CC(C)[C@H](NC(=O)[C@H](CO)NC(=O)[C@@H](NC(=O)[C@@H](N)CCC(=O)O)[C@@H](C)O)C(=O)O. The molecule has 13 heteroatoms. The second kappa shape index (κ2) is 12.7. The highest BCUT2D eigenvalue weighted by Crippen LogP contribution is 2.03. The summed E-state index contributed by atoms with van der Waals surface area (Å²) in [5.41, 5.74) is 5.55. The van der Waals surface area contributed by atoms with Crippen LogP contribution in [0.3, 0.4) is 0 Å². The van der Waals surface area contributed by atoms with Gasteiger partial charge in [0.15, 0.2) is 0 Å². The van der Waals surface area contributed by atoms with Crippen LogP contribution >= 0.6 is 0 Å². The lowest BCUT2D eigenvalue weighted by Crippen LogP contribution is -2.60. The number of rotatable bonds is 13. The molecule has 0 heterocycles. The lowest BCUT2D eigenvalue weighted by Gasteiger charge is -2.26. The maximum absolute atomic E-state index is 12.4. The number of carbonyl (C=O) groups excluding carboxylic acids is 3. The zero-order valence-corrected chi connectivity index (χ0v) is 17.0. The van der Waals surface area contributed by atoms with E-state index in [0.717, 1.165) is 0 Å². The van der Waals surface area contributed by atoms with Gasteiger partial charge in [0, 0.05) is 6.42 Å². The third kappa shape index (κ3) is 9.15. The van der Waals surface area contributed by atoms with Gasteiger partial charge in [-0.1, -0.05) is 13.8 Å². The summed E-state index contributed by atoms with van der Waals surface area (Å²) < 4.78 is 0. The highest BCUT2D eigenvalue weighted by molar-refractivity contribution is 5.94. The van der Waals surface area contributed by atoms with E-state index in [4.69, 9.17) is 15.9 Å². The number of hydrogen-bond donors (Lipinski definition) is 8. The monoisotopic (exact) mass is 434 g/mol. The fourth-order valence-electron chi connectivity index (χ4n) is 2.30. The van der Waals surface area contributed by atoms with Crippen LogP contribution in [0.2, 0.25) is 0 Å². The van der Waals surface area contributed by atoms with Crippen molar-refractivity contribution in [3.63, 3.8) is 0 Å². The first-order chi connectivity index (χ1) is 13.8. The van der Waals surface area contributed by atoms with Crippen LogP contribution in [0.1, 0.15) is 33.6 Å². The summed E-state index contributed by atoms with van der Waals surface area (Å²) in [7, 11) is 0. The number of nitrogens with one attached hydrogen (secondary N) is 3. The topological polar surface area (TPSA) is 228 Å². The number of hydrogen-bond acceptors (Lipinski definition) is 8. The Morgan fingerprint density at radius 1 is 0.867 bits per heavy atom. The van der Waals surface area contributed by atoms with Crippen LogP contribution in [0.25, 0.3) is 0 Å². The summed E-state index contributed by atoms with van der Waals surface area (Å²) in [4.78, 5) is 58.4. The van der Waals surface area contributed by atoms with Gasteiger partial charge < -0.3 is 42.1 Å². The Bertz CT molecular complexity index is 639. The molecule has 3 amide bonds. The quantitative estimate of drug-likeness (QED) is 0.144. The Hall–Kier alpha value is -2.77. The molecule has 0 aliphatic carbocycles. The van der Waals surface area contributed by atoms with Gasteiger partial charge in [0.25, 0.3) is 0 Å². The summed E-state index contributed by atoms with van der Waals surface area (Å²) in [5, 5.41) is 43.4. The molecule has 0 spiro atoms. The summed E-state index contributed by atoms with van der Waals surface area (Å²) in [6.07, 6.45) is -2.01. The van der Waals surface area contributed by atoms with Crippen molar-refractivity contribution in [3.05, 3.63) is 0 Å². The number of amides is 3. The Balaban J connectivity index is 5.13. The van der Waals surface area contributed by atoms with Crippen LogP contribution in [-0.4, -0.2) is 87.0 Å². The Kier molecular flexibility index (Phi) is 11.5. The maximum atomic E-state index is 12.4. The average Bonchev–Trinajstić information content (AvgIpc) is 2.64. The summed E-state index contributed by atoms with van der Waals surface area (Å²) >= 11 is 0. The van der Waals surface area contributed by atoms with Crippen molar-refractivity contribution < 1.29 is 44.4 Å². The molecule has 0 aromatic rings. The summed E-state index contributed by atoms with van der Waals surface area (Å²) in [6, 6.07) is -5.62. The van der Waals surface area contributed by atoms with Crippen molar-refractivity contribution in [1.29, 1.82) is 0 Å². The molecule has 172 valence electrons. The normalized spacial score (nSPS) is 16.0. The molecule has 0 aliphatic heterocycles. The van der Waals surface area contributed by atoms with E-state index in [0.29, 0.717) is 0 Å². The lowest BCUT2D eigenvalue weighted by molar-refractivity contribution is -0.144. The van der Waals surface area contributed by atoms with Gasteiger partial charge in [-0.3, -0.25) is 19.2 Å². The molecule has 30 heavy (non-hydrogen) atoms. The average molecular weight is 434 g/mol. The van der Waals surface area contributed by atoms with E-state index in [2.05, 4.69) is 16.0 Å². The number of aliphatic carboxylic acids is 2. The zero-order chi connectivity index (χ0) is 23.6. The molecule has 13 nitrogen and oxygen atoms in total. The molecule has 0 fully saturated rings. The molecular weight excluding hydrogens is 404 g/mol. The van der Waals surface area contributed by atoms with E-state index in [1.165, 1.54) is 6.92 Å². The van der Waals surface area contributed by atoms with Gasteiger partial charge in [-0.05, 0) is 19.3 Å². The molecule has 0 saturated carbocycles. The van der Waals surface area contributed by atoms with Crippen molar-refractivity contribution in [1.82, 2.24) is 16.0 Å². The lowest BCUT2D eigenvalue weighted by atomic mass is 10.0. The second-order valence-corrected chi connectivity index (χ2v) is 7.08. The minimum absolute atomic E-state index is 0.206. The predicted molar refractivity (Wildman–Crippen MR) is 102 cm³/mol. The number of nitrogens with two attached hydrogens (primary N) is 1. The summed E-state index contributed by atoms with van der Waals surface area (Å²) in [6.45, 7) is 3.41. The van der Waals surface area contributed by atoms with Crippen LogP contribution < -0.4 is 21.7 Å². The van der Waals surface area contributed by atoms with Gasteiger partial charge >= 0.3 is 11.9 Å². The molecule has 0 radical (unpaired) electrons. The smallest absolute Gasteiger partial charge is 0.326 e. The van der Waals surface area contributed by atoms with Crippen molar-refractivity contribution in [2.24, 2.45) is 11.7 Å². The maximum Gasteiger partial charge on any atom is 0.326 e. The Morgan fingerprint density at radius 2 is 1.40 bits per heavy atom. The minimum Gasteiger partial charge on any atom is -0.481 e. The van der Waals surface area contributed by atoms with Gasteiger partial charge in [-0.2, -0.15) is 0 Å². The Morgan fingerprint density at radius 3 is 1.80 bits per heavy atom. The largest absolute Gasteiger partial charge is 0.481 e. The first-order valence-electron chi connectivity index (χ1n) is 9.22. The number of aliphatic hydroxyl groups is 2. The van der Waals surface area contributed by atoms with Gasteiger partial charge in [0.1, 0.15) is 18.1 Å². The van der Waals surface area contributed by atoms with Crippen molar-refractivity contribution in [2.45, 2.75) is 63.9 Å². The van der Waals surface area contributed by atoms with Crippen LogP contribution in [0.4, 0.5) is 0 Å². The van der Waals surface area contributed by atoms with E-state index in [1.807, 2.05) is 0 Å². The first kappa shape index (κ1) is 27.2. The summed E-state index contributed by atoms with van der Waals surface area (Å²) in [5.74, 6) is -5.84. The Labute approximate surface area is 173 Å². The van der Waals surface area contributed by atoms with Gasteiger partial charge in [-0.15, -0.1) is 0 Å². The van der Waals surface area contributed by atoms with Crippen LogP contribution in [-0.2, 0) is 24.0 Å². The predicted octanol–water partition coefficient (Wildman–Crippen LogP) is -3.25. The van der Waals surface area contributed by atoms with E-state index < -0.39 is 72.5 Å². The van der Waals surface area contributed by atoms with Crippen molar-refractivity contribution in [2.75, 3.05) is 6.61 Å². The fourth-order valence-corrected chi connectivity index (χ4v) is 2.30. The van der Waals surface area contributed by atoms with E-state index in [1.54, 1.807) is 13.8 Å². The molecule has 0 aromatic carbocycles. The number of carbonyl (C=O) groups is 5. The zero-order valence-electron chi connectivity index (χ0n) is 17.0. The molecule has 9 N–H and O–H groups in total. The van der Waals surface area contributed by atoms with E-state index in [-0.39, 0.29) is 12.8 Å². The third-order valence-corrected chi connectivity index (χ3v) is 4.11. The number of carboxylic acid groups (broad SMARTS) is 2. The van der Waals surface area contributed by atoms with Crippen LogP contribution in [0, 0.1) is 5.92 Å². The standard InChI is InChI=1S/C17H30N4O9/c1-7(2)12(17(29)30)20-15(27)10(6-22)19-16(28)13(8(3)23)21-14(26)9(18)4-5-11(24)25/h7-10,12-13,22-23H,4-6,18H2,1-3H3,(H,19,28)(H,20,27)(H,21,26)(H,24,25)(H,29,30)/t8-,9+,10+,12+,13+/m1/s1. The van der Waals surface area contributed by atoms with Crippen LogP contribution in [0.5, 0.6) is 0 Å². The van der Waals surface area contributed by atoms with Crippen molar-refractivity contribution >= 4 is 29.7 Å². The third-order valence-electron chi connectivity index (χ3n) is 4.11. The molecule has 0 bridgehead atoms. The molecular formula is C17H30N4O9. The number of aliphatic hydroxyl groups excluding tert-OH is 2. The highest BCUT2D eigenvalue weighted by atomic mass is 16.4.